The molecule has 8 nitrogen and oxygen atoms in total. The SMILES string of the molecule is CCCn1ccc(S(=O)(=O)N2CCN(c3ccc4c(cnn4-c4ccc(F)cc4)n3)CC23CC3)c1. The maximum atomic E-state index is 13.5. The van der Waals surface area contributed by atoms with Crippen LogP contribution in [0, 0.1) is 5.82 Å². The topological polar surface area (TPSA) is 76.3 Å². The van der Waals surface area contributed by atoms with E-state index in [1.54, 1.807) is 39.6 Å². The van der Waals surface area contributed by atoms with E-state index in [1.165, 1.54) is 12.1 Å². The molecule has 0 atom stereocenters. The van der Waals surface area contributed by atoms with Crippen molar-refractivity contribution in [1.29, 1.82) is 0 Å². The van der Waals surface area contributed by atoms with E-state index in [1.807, 2.05) is 22.9 Å². The zero-order chi connectivity index (χ0) is 24.2. The van der Waals surface area contributed by atoms with Gasteiger partial charge in [-0.1, -0.05) is 6.92 Å². The Morgan fingerprint density at radius 1 is 1.06 bits per heavy atom. The van der Waals surface area contributed by atoms with Crippen LogP contribution in [0.25, 0.3) is 16.7 Å². The Balaban J connectivity index is 1.24. The Labute approximate surface area is 203 Å². The highest BCUT2D eigenvalue weighted by Gasteiger charge is 2.56. The van der Waals surface area contributed by atoms with E-state index in [9.17, 15) is 12.8 Å². The molecule has 4 aromatic rings. The van der Waals surface area contributed by atoms with Crippen LogP contribution in [0.1, 0.15) is 26.2 Å². The van der Waals surface area contributed by atoms with Gasteiger partial charge in [-0.3, -0.25) is 0 Å². The summed E-state index contributed by atoms with van der Waals surface area (Å²) in [6.07, 6.45) is 7.95. The summed E-state index contributed by atoms with van der Waals surface area (Å²) in [6.45, 7) is 4.50. The summed E-state index contributed by atoms with van der Waals surface area (Å²) in [4.78, 5) is 7.37. The number of rotatable bonds is 6. The molecule has 1 aromatic carbocycles. The maximum Gasteiger partial charge on any atom is 0.245 e. The van der Waals surface area contributed by atoms with Gasteiger partial charge in [0.1, 0.15) is 17.2 Å². The first kappa shape index (κ1) is 22.2. The molecular formula is C25H27FN6O2S. The third kappa shape index (κ3) is 3.81. The lowest BCUT2D eigenvalue weighted by atomic mass is 10.2. The number of sulfonamides is 1. The fourth-order valence-electron chi connectivity index (χ4n) is 5.05. The molecule has 1 saturated heterocycles. The minimum atomic E-state index is -3.55. The predicted octanol–water partition coefficient (Wildman–Crippen LogP) is 3.81. The maximum absolute atomic E-state index is 13.5. The van der Waals surface area contributed by atoms with E-state index in [2.05, 4.69) is 16.9 Å². The van der Waals surface area contributed by atoms with Gasteiger partial charge in [0.15, 0.2) is 0 Å². The average Bonchev–Trinajstić information content (AvgIpc) is 3.25. The second-order valence-corrected chi connectivity index (χ2v) is 11.3. The zero-order valence-electron chi connectivity index (χ0n) is 19.5. The normalized spacial score (nSPS) is 17.9. The van der Waals surface area contributed by atoms with Crippen molar-refractivity contribution in [3.8, 4) is 5.69 Å². The van der Waals surface area contributed by atoms with Gasteiger partial charge in [0, 0.05) is 38.6 Å². The number of anilines is 1. The third-order valence-corrected chi connectivity index (χ3v) is 9.00. The standard InChI is InChI=1S/C25H27FN6O2S/c1-2-12-29-13-9-21(17-29)35(33,34)31-15-14-30(18-25(31)10-11-25)24-8-7-23-22(28-24)16-27-32(23)20-5-3-19(26)4-6-20/h3-9,13,16-17H,2,10-12,14-15,18H2,1H3. The van der Waals surface area contributed by atoms with Crippen molar-refractivity contribution in [2.45, 2.75) is 43.2 Å². The number of aromatic nitrogens is 4. The number of benzene rings is 1. The third-order valence-electron chi connectivity index (χ3n) is 7.01. The highest BCUT2D eigenvalue weighted by atomic mass is 32.2. The molecule has 10 heteroatoms. The molecule has 1 aliphatic carbocycles. The Morgan fingerprint density at radius 3 is 2.60 bits per heavy atom. The number of pyridine rings is 1. The van der Waals surface area contributed by atoms with Crippen LogP contribution in [0.3, 0.4) is 0 Å². The molecule has 182 valence electrons. The molecule has 0 unspecified atom stereocenters. The molecule has 0 N–H and O–H groups in total. The van der Waals surface area contributed by atoms with Gasteiger partial charge < -0.3 is 9.47 Å². The number of nitrogens with zero attached hydrogens (tertiary/aromatic N) is 6. The van der Waals surface area contributed by atoms with Crippen LogP contribution in [0.15, 0.2) is 66.0 Å². The number of fused-ring (bicyclic) bond motifs is 1. The van der Waals surface area contributed by atoms with E-state index in [4.69, 9.17) is 4.98 Å². The molecule has 1 aliphatic heterocycles. The van der Waals surface area contributed by atoms with Crippen molar-refractivity contribution < 1.29 is 12.8 Å². The van der Waals surface area contributed by atoms with Gasteiger partial charge in [0.2, 0.25) is 10.0 Å². The van der Waals surface area contributed by atoms with Crippen molar-refractivity contribution in [2.75, 3.05) is 24.5 Å². The van der Waals surface area contributed by atoms with Crippen molar-refractivity contribution in [3.05, 3.63) is 66.9 Å². The van der Waals surface area contributed by atoms with E-state index < -0.39 is 10.0 Å². The number of halogens is 1. The van der Waals surface area contributed by atoms with Gasteiger partial charge >= 0.3 is 0 Å². The lowest BCUT2D eigenvalue weighted by molar-refractivity contribution is 0.270. The van der Waals surface area contributed by atoms with Gasteiger partial charge in [-0.2, -0.15) is 9.40 Å². The molecule has 35 heavy (non-hydrogen) atoms. The van der Waals surface area contributed by atoms with Crippen LogP contribution in [0.2, 0.25) is 0 Å². The Bertz CT molecular complexity index is 1490. The first-order valence-electron chi connectivity index (χ1n) is 11.9. The monoisotopic (exact) mass is 494 g/mol. The first-order chi connectivity index (χ1) is 16.9. The van der Waals surface area contributed by atoms with Gasteiger partial charge in [0.05, 0.1) is 27.8 Å². The molecule has 1 spiro atoms. The average molecular weight is 495 g/mol. The van der Waals surface area contributed by atoms with E-state index in [0.717, 1.165) is 48.3 Å². The Morgan fingerprint density at radius 2 is 1.86 bits per heavy atom. The van der Waals surface area contributed by atoms with Crippen LogP contribution >= 0.6 is 0 Å². The van der Waals surface area contributed by atoms with Crippen molar-refractivity contribution in [3.63, 3.8) is 0 Å². The van der Waals surface area contributed by atoms with E-state index in [0.29, 0.717) is 24.5 Å². The predicted molar refractivity (Wildman–Crippen MR) is 132 cm³/mol. The number of aryl methyl sites for hydroxylation is 1. The highest BCUT2D eigenvalue weighted by Crippen LogP contribution is 2.47. The molecule has 6 rings (SSSR count). The molecule has 1 saturated carbocycles. The fraction of sp³-hybridized carbons (Fsp3) is 0.360. The zero-order valence-corrected chi connectivity index (χ0v) is 20.3. The summed E-state index contributed by atoms with van der Waals surface area (Å²) in [7, 11) is -3.55. The summed E-state index contributed by atoms with van der Waals surface area (Å²) < 4.78 is 45.7. The van der Waals surface area contributed by atoms with Crippen LogP contribution in [-0.2, 0) is 16.6 Å². The molecule has 3 aromatic heterocycles. The summed E-state index contributed by atoms with van der Waals surface area (Å²) in [6, 6.07) is 11.8. The van der Waals surface area contributed by atoms with Crippen LogP contribution < -0.4 is 4.90 Å². The van der Waals surface area contributed by atoms with Gasteiger partial charge in [-0.25, -0.2) is 22.5 Å². The number of piperazine rings is 1. The highest BCUT2D eigenvalue weighted by molar-refractivity contribution is 7.89. The van der Waals surface area contributed by atoms with Gasteiger partial charge in [-0.15, -0.1) is 0 Å². The molecule has 0 radical (unpaired) electrons. The van der Waals surface area contributed by atoms with Crippen molar-refractivity contribution >= 4 is 26.9 Å². The fourth-order valence-corrected chi connectivity index (χ4v) is 6.88. The summed E-state index contributed by atoms with van der Waals surface area (Å²) in [5.41, 5.74) is 1.96. The van der Waals surface area contributed by atoms with E-state index in [-0.39, 0.29) is 11.4 Å². The summed E-state index contributed by atoms with van der Waals surface area (Å²) >= 11 is 0. The molecule has 4 heterocycles. The smallest absolute Gasteiger partial charge is 0.245 e. The Kier molecular flexibility index (Phi) is 5.19. The largest absolute Gasteiger partial charge is 0.353 e. The molecule has 0 bridgehead atoms. The summed E-state index contributed by atoms with van der Waals surface area (Å²) in [5.74, 6) is 0.521. The lowest BCUT2D eigenvalue weighted by Crippen LogP contribution is -2.57. The first-order valence-corrected chi connectivity index (χ1v) is 13.4. The molecule has 0 amide bonds. The quantitative estimate of drug-likeness (QED) is 0.407. The Hall–Kier alpha value is -3.24. The minimum Gasteiger partial charge on any atom is -0.353 e. The molecular weight excluding hydrogens is 467 g/mol. The minimum absolute atomic E-state index is 0.292. The van der Waals surface area contributed by atoms with Crippen LogP contribution in [-0.4, -0.2) is 57.2 Å². The van der Waals surface area contributed by atoms with Crippen molar-refractivity contribution in [2.24, 2.45) is 0 Å². The summed E-state index contributed by atoms with van der Waals surface area (Å²) in [5, 5.41) is 4.44. The van der Waals surface area contributed by atoms with Crippen LogP contribution in [0.4, 0.5) is 10.2 Å². The lowest BCUT2D eigenvalue weighted by Gasteiger charge is -2.41. The van der Waals surface area contributed by atoms with Crippen LogP contribution in [0.5, 0.6) is 0 Å². The number of hydrogen-bond donors (Lipinski definition) is 0. The molecule has 2 aliphatic rings. The van der Waals surface area contributed by atoms with Gasteiger partial charge in [-0.05, 0) is 61.7 Å². The second kappa shape index (κ2) is 8.17. The van der Waals surface area contributed by atoms with Crippen molar-refractivity contribution in [1.82, 2.24) is 23.6 Å². The number of hydrogen-bond acceptors (Lipinski definition) is 5. The molecule has 2 fully saturated rings. The van der Waals surface area contributed by atoms with Gasteiger partial charge in [0.25, 0.3) is 0 Å². The second-order valence-electron chi connectivity index (χ2n) is 9.41. The van der Waals surface area contributed by atoms with E-state index >= 15 is 0 Å².